The van der Waals surface area contributed by atoms with E-state index in [-0.39, 0.29) is 12.5 Å². The molecule has 0 spiro atoms. The maximum Gasteiger partial charge on any atom is 0.239 e. The van der Waals surface area contributed by atoms with Gasteiger partial charge in [0.1, 0.15) is 5.75 Å². The first kappa shape index (κ1) is 19.8. The Morgan fingerprint density at radius 1 is 1.21 bits per heavy atom. The summed E-state index contributed by atoms with van der Waals surface area (Å²) >= 11 is 0. The van der Waals surface area contributed by atoms with Crippen LogP contribution in [-0.4, -0.2) is 52.3 Å². The summed E-state index contributed by atoms with van der Waals surface area (Å²) in [6.07, 6.45) is 0. The molecule has 3 N–H and O–H groups in total. The maximum absolute atomic E-state index is 11.7. The largest absolute Gasteiger partial charge is 0.496 e. The highest BCUT2D eigenvalue weighted by atomic mass is 16.5. The molecule has 0 heterocycles. The molecule has 1 aromatic rings. The van der Waals surface area contributed by atoms with E-state index >= 15 is 0 Å². The van der Waals surface area contributed by atoms with Gasteiger partial charge in [0, 0.05) is 25.8 Å². The number of carbonyl (C=O) groups excluding carboxylic acids is 1. The summed E-state index contributed by atoms with van der Waals surface area (Å²) in [5.41, 5.74) is 2.13. The van der Waals surface area contributed by atoms with Gasteiger partial charge < -0.3 is 25.4 Å². The second-order valence-electron chi connectivity index (χ2n) is 5.21. The summed E-state index contributed by atoms with van der Waals surface area (Å²) < 4.78 is 10.3. The van der Waals surface area contributed by atoms with Crippen LogP contribution >= 0.6 is 0 Å². The second-order valence-corrected chi connectivity index (χ2v) is 5.21. The van der Waals surface area contributed by atoms with Crippen LogP contribution in [0.1, 0.15) is 18.1 Å². The summed E-state index contributed by atoms with van der Waals surface area (Å²) in [5, 5.41) is 8.88. The number of hydrogen-bond acceptors (Lipinski definition) is 4. The van der Waals surface area contributed by atoms with Gasteiger partial charge in [-0.1, -0.05) is 12.1 Å². The van der Waals surface area contributed by atoms with Gasteiger partial charge in [-0.3, -0.25) is 4.79 Å². The van der Waals surface area contributed by atoms with Crippen LogP contribution < -0.4 is 20.7 Å². The summed E-state index contributed by atoms with van der Waals surface area (Å²) in [5.74, 6) is 1.29. The molecule has 0 saturated heterocycles. The Labute approximate surface area is 143 Å². The van der Waals surface area contributed by atoms with E-state index in [1.54, 1.807) is 14.2 Å². The zero-order valence-electron chi connectivity index (χ0n) is 14.9. The highest BCUT2D eigenvalue weighted by molar-refractivity contribution is 5.86. The fourth-order valence-corrected chi connectivity index (χ4v) is 2.01. The minimum Gasteiger partial charge on any atom is -0.496 e. The van der Waals surface area contributed by atoms with Crippen LogP contribution in [0, 0.1) is 6.92 Å². The molecular weight excluding hydrogens is 308 g/mol. The topological polar surface area (TPSA) is 84.0 Å². The van der Waals surface area contributed by atoms with Gasteiger partial charge in [-0.15, -0.1) is 0 Å². The SMILES string of the molecule is CCNC(=NCc1ccc(C)cc1OC)NCC(=O)NCCOC. The molecule has 0 fully saturated rings. The van der Waals surface area contributed by atoms with Crippen molar-refractivity contribution in [3.63, 3.8) is 0 Å². The molecule has 134 valence electrons. The molecule has 0 aliphatic rings. The predicted molar refractivity (Wildman–Crippen MR) is 95.4 cm³/mol. The van der Waals surface area contributed by atoms with Crippen LogP contribution in [0.4, 0.5) is 0 Å². The van der Waals surface area contributed by atoms with Crippen molar-refractivity contribution in [2.75, 3.05) is 40.5 Å². The van der Waals surface area contributed by atoms with E-state index in [4.69, 9.17) is 9.47 Å². The van der Waals surface area contributed by atoms with Gasteiger partial charge in [0.15, 0.2) is 5.96 Å². The van der Waals surface area contributed by atoms with Crippen molar-refractivity contribution < 1.29 is 14.3 Å². The molecule has 0 bridgehead atoms. The summed E-state index contributed by atoms with van der Waals surface area (Å²) in [6.45, 7) is 6.30. The van der Waals surface area contributed by atoms with Gasteiger partial charge in [-0.25, -0.2) is 4.99 Å². The number of nitrogens with one attached hydrogen (secondary N) is 3. The quantitative estimate of drug-likeness (QED) is 0.353. The van der Waals surface area contributed by atoms with Crippen molar-refractivity contribution in [1.29, 1.82) is 0 Å². The van der Waals surface area contributed by atoms with Crippen LogP contribution in [0.15, 0.2) is 23.2 Å². The van der Waals surface area contributed by atoms with Crippen LogP contribution in [0.2, 0.25) is 0 Å². The normalized spacial score (nSPS) is 11.1. The minimum absolute atomic E-state index is 0.106. The zero-order valence-corrected chi connectivity index (χ0v) is 14.9. The smallest absolute Gasteiger partial charge is 0.239 e. The lowest BCUT2D eigenvalue weighted by atomic mass is 10.1. The number of aryl methyl sites for hydroxylation is 1. The third-order valence-corrected chi connectivity index (χ3v) is 3.24. The van der Waals surface area contributed by atoms with Crippen molar-refractivity contribution in [3.05, 3.63) is 29.3 Å². The highest BCUT2D eigenvalue weighted by Crippen LogP contribution is 2.20. The highest BCUT2D eigenvalue weighted by Gasteiger charge is 2.05. The number of carbonyl (C=O) groups is 1. The number of hydrogen-bond donors (Lipinski definition) is 3. The molecule has 7 heteroatoms. The first-order chi connectivity index (χ1) is 11.6. The Morgan fingerprint density at radius 3 is 2.67 bits per heavy atom. The lowest BCUT2D eigenvalue weighted by molar-refractivity contribution is -0.120. The van der Waals surface area contributed by atoms with Crippen molar-refractivity contribution in [3.8, 4) is 5.75 Å². The zero-order chi connectivity index (χ0) is 17.8. The molecule has 24 heavy (non-hydrogen) atoms. The first-order valence-corrected chi connectivity index (χ1v) is 8.02. The molecule has 7 nitrogen and oxygen atoms in total. The molecule has 0 aliphatic carbocycles. The lowest BCUT2D eigenvalue weighted by Crippen LogP contribution is -2.43. The van der Waals surface area contributed by atoms with Crippen LogP contribution in [-0.2, 0) is 16.1 Å². The van der Waals surface area contributed by atoms with Gasteiger partial charge in [-0.2, -0.15) is 0 Å². The van der Waals surface area contributed by atoms with E-state index in [9.17, 15) is 4.79 Å². The van der Waals surface area contributed by atoms with Crippen molar-refractivity contribution in [2.45, 2.75) is 20.4 Å². The average Bonchev–Trinajstić information content (AvgIpc) is 2.58. The summed E-state index contributed by atoms with van der Waals surface area (Å²) in [6, 6.07) is 6.00. The number of amides is 1. The Bertz CT molecular complexity index is 547. The number of guanidine groups is 1. The molecule has 0 unspecified atom stereocenters. The van der Waals surface area contributed by atoms with Gasteiger partial charge >= 0.3 is 0 Å². The number of methoxy groups -OCH3 is 2. The number of benzene rings is 1. The fourth-order valence-electron chi connectivity index (χ4n) is 2.01. The van der Waals surface area contributed by atoms with E-state index in [1.165, 1.54) is 0 Å². The Balaban J connectivity index is 2.60. The van der Waals surface area contributed by atoms with Crippen LogP contribution in [0.25, 0.3) is 0 Å². The molecule has 0 aliphatic heterocycles. The van der Waals surface area contributed by atoms with E-state index in [1.807, 2.05) is 32.0 Å². The summed E-state index contributed by atoms with van der Waals surface area (Å²) in [4.78, 5) is 16.2. The third-order valence-electron chi connectivity index (χ3n) is 3.24. The summed E-state index contributed by atoms with van der Waals surface area (Å²) in [7, 11) is 3.25. The molecular formula is C17H28N4O3. The molecule has 1 amide bonds. The monoisotopic (exact) mass is 336 g/mol. The number of aliphatic imine (C=N–C) groups is 1. The lowest BCUT2D eigenvalue weighted by Gasteiger charge is -2.12. The standard InChI is InChI=1S/C17H28N4O3/c1-5-18-17(21-12-16(22)19-8-9-23-3)20-11-14-7-6-13(2)10-15(14)24-4/h6-7,10H,5,8-9,11-12H2,1-4H3,(H,19,22)(H2,18,20,21). The molecule has 1 aromatic carbocycles. The van der Waals surface area contributed by atoms with Gasteiger partial charge in [-0.05, 0) is 25.5 Å². The van der Waals surface area contributed by atoms with E-state index in [2.05, 4.69) is 20.9 Å². The maximum atomic E-state index is 11.7. The molecule has 0 radical (unpaired) electrons. The van der Waals surface area contributed by atoms with Crippen molar-refractivity contribution in [1.82, 2.24) is 16.0 Å². The molecule has 0 aromatic heterocycles. The van der Waals surface area contributed by atoms with E-state index < -0.39 is 0 Å². The number of rotatable bonds is 9. The second kappa shape index (κ2) is 11.3. The van der Waals surface area contributed by atoms with Gasteiger partial charge in [0.25, 0.3) is 0 Å². The van der Waals surface area contributed by atoms with Crippen LogP contribution in [0.3, 0.4) is 0 Å². The van der Waals surface area contributed by atoms with E-state index in [0.29, 0.717) is 32.2 Å². The number of ether oxygens (including phenoxy) is 2. The molecule has 0 atom stereocenters. The third kappa shape index (κ3) is 7.32. The predicted octanol–water partition coefficient (Wildman–Crippen LogP) is 0.821. The fraction of sp³-hybridized carbons (Fsp3) is 0.529. The Hall–Kier alpha value is -2.28. The van der Waals surface area contributed by atoms with Crippen molar-refractivity contribution >= 4 is 11.9 Å². The number of nitrogens with zero attached hydrogens (tertiary/aromatic N) is 1. The average molecular weight is 336 g/mol. The minimum atomic E-state index is -0.106. The van der Waals surface area contributed by atoms with Gasteiger partial charge in [0.05, 0.1) is 26.8 Å². The van der Waals surface area contributed by atoms with Crippen LogP contribution in [0.5, 0.6) is 5.75 Å². The molecule has 1 rings (SSSR count). The van der Waals surface area contributed by atoms with E-state index in [0.717, 1.165) is 16.9 Å². The Kier molecular flexibility index (Phi) is 9.29. The van der Waals surface area contributed by atoms with Gasteiger partial charge in [0.2, 0.25) is 5.91 Å². The molecule has 0 saturated carbocycles. The Morgan fingerprint density at radius 2 is 2.00 bits per heavy atom. The van der Waals surface area contributed by atoms with Crippen molar-refractivity contribution in [2.24, 2.45) is 4.99 Å². The first-order valence-electron chi connectivity index (χ1n) is 8.02.